The van der Waals surface area contributed by atoms with Crippen molar-refractivity contribution in [3.05, 3.63) is 78.0 Å². The number of carbonyl (C=O) groups is 1. The van der Waals surface area contributed by atoms with Crippen molar-refractivity contribution in [2.24, 2.45) is 0 Å². The minimum atomic E-state index is -0.0128. The predicted octanol–water partition coefficient (Wildman–Crippen LogP) is 4.19. The highest BCUT2D eigenvalue weighted by Gasteiger charge is 2.24. The van der Waals surface area contributed by atoms with E-state index in [1.165, 1.54) is 5.56 Å². The summed E-state index contributed by atoms with van der Waals surface area (Å²) in [7, 11) is 1.62. The molecule has 1 N–H and O–H groups in total. The Labute approximate surface area is 195 Å². The number of carbonyl (C=O) groups excluding carboxylic acids is 1. The van der Waals surface area contributed by atoms with Crippen molar-refractivity contribution in [2.75, 3.05) is 45.2 Å². The maximum absolute atomic E-state index is 13.3. The molecule has 0 unspecified atom stereocenters. The second kappa shape index (κ2) is 10.8. The fourth-order valence-electron chi connectivity index (χ4n) is 3.95. The van der Waals surface area contributed by atoms with Gasteiger partial charge in [0.1, 0.15) is 17.3 Å². The van der Waals surface area contributed by atoms with Crippen molar-refractivity contribution in [1.82, 2.24) is 14.8 Å². The molecule has 1 aliphatic rings. The van der Waals surface area contributed by atoms with Crippen molar-refractivity contribution in [1.29, 1.82) is 0 Å². The molecule has 0 aliphatic carbocycles. The zero-order chi connectivity index (χ0) is 23.0. The van der Waals surface area contributed by atoms with Gasteiger partial charge in [-0.25, -0.2) is 4.98 Å². The van der Waals surface area contributed by atoms with Gasteiger partial charge in [-0.3, -0.25) is 9.69 Å². The topological polar surface area (TPSA) is 66.9 Å². The van der Waals surface area contributed by atoms with Crippen LogP contribution < -0.4 is 14.8 Å². The number of amides is 1. The van der Waals surface area contributed by atoms with Crippen molar-refractivity contribution >= 4 is 17.4 Å². The van der Waals surface area contributed by atoms with E-state index in [-0.39, 0.29) is 5.91 Å². The third-order valence-electron chi connectivity index (χ3n) is 5.70. The summed E-state index contributed by atoms with van der Waals surface area (Å²) < 4.78 is 10.9. The van der Waals surface area contributed by atoms with Crippen molar-refractivity contribution in [2.45, 2.75) is 13.5 Å². The number of aromatic nitrogens is 1. The molecule has 3 aromatic rings. The van der Waals surface area contributed by atoms with Crippen molar-refractivity contribution in [3.63, 3.8) is 0 Å². The Morgan fingerprint density at radius 2 is 1.76 bits per heavy atom. The Bertz CT molecular complexity index is 1060. The summed E-state index contributed by atoms with van der Waals surface area (Å²) in [6, 6.07) is 19.4. The molecule has 4 rings (SSSR count). The number of anilines is 2. The smallest absolute Gasteiger partial charge is 0.257 e. The number of nitrogens with one attached hydrogen (secondary N) is 1. The number of hydrogen-bond donors (Lipinski definition) is 1. The zero-order valence-electron chi connectivity index (χ0n) is 19.2. The molecule has 1 amide bonds. The normalized spacial score (nSPS) is 14.1. The van der Waals surface area contributed by atoms with Crippen LogP contribution >= 0.6 is 0 Å². The number of pyridine rings is 1. The van der Waals surface area contributed by atoms with Crippen LogP contribution in [-0.4, -0.2) is 60.6 Å². The van der Waals surface area contributed by atoms with E-state index in [1.54, 1.807) is 19.4 Å². The van der Waals surface area contributed by atoms with E-state index in [4.69, 9.17) is 9.47 Å². The number of ether oxygens (including phenoxy) is 2. The molecule has 0 spiro atoms. The number of para-hydroxylation sites is 2. The van der Waals surface area contributed by atoms with E-state index in [0.717, 1.165) is 31.1 Å². The Hall–Kier alpha value is -3.58. The molecule has 2 aromatic carbocycles. The van der Waals surface area contributed by atoms with Crippen LogP contribution in [0.4, 0.5) is 11.5 Å². The van der Waals surface area contributed by atoms with Crippen molar-refractivity contribution in [3.8, 4) is 11.5 Å². The quantitative estimate of drug-likeness (QED) is 0.560. The summed E-state index contributed by atoms with van der Waals surface area (Å²) in [5.74, 6) is 2.11. The van der Waals surface area contributed by atoms with Crippen LogP contribution in [0.3, 0.4) is 0 Å². The second-order valence-corrected chi connectivity index (χ2v) is 7.87. The average molecular weight is 447 g/mol. The lowest BCUT2D eigenvalue weighted by atomic mass is 10.1. The lowest BCUT2D eigenvalue weighted by Gasteiger charge is -2.35. The van der Waals surface area contributed by atoms with Gasteiger partial charge in [-0.1, -0.05) is 24.3 Å². The fraction of sp³-hybridized carbons (Fsp3) is 0.308. The van der Waals surface area contributed by atoms with Gasteiger partial charge in [0.15, 0.2) is 0 Å². The second-order valence-electron chi connectivity index (χ2n) is 7.87. The van der Waals surface area contributed by atoms with Gasteiger partial charge in [-0.05, 0) is 48.9 Å². The number of rotatable bonds is 8. The summed E-state index contributed by atoms with van der Waals surface area (Å²) in [4.78, 5) is 22.0. The molecular weight excluding hydrogens is 416 g/mol. The molecule has 2 heterocycles. The number of piperazine rings is 1. The lowest BCUT2D eigenvalue weighted by molar-refractivity contribution is 0.0629. The molecule has 0 bridgehead atoms. The van der Waals surface area contributed by atoms with Gasteiger partial charge in [0, 0.05) is 38.9 Å². The molecule has 172 valence electrons. The molecule has 7 nitrogen and oxygen atoms in total. The van der Waals surface area contributed by atoms with E-state index in [1.807, 2.05) is 54.3 Å². The van der Waals surface area contributed by atoms with Crippen molar-refractivity contribution < 1.29 is 14.3 Å². The maximum atomic E-state index is 13.3. The lowest BCUT2D eigenvalue weighted by Crippen LogP contribution is -2.48. The van der Waals surface area contributed by atoms with Gasteiger partial charge in [-0.2, -0.15) is 0 Å². The summed E-state index contributed by atoms with van der Waals surface area (Å²) in [5.41, 5.74) is 2.57. The molecule has 7 heteroatoms. The highest BCUT2D eigenvalue weighted by Crippen LogP contribution is 2.28. The number of hydrogen-bond acceptors (Lipinski definition) is 6. The first-order valence-corrected chi connectivity index (χ1v) is 11.3. The van der Waals surface area contributed by atoms with Crippen LogP contribution in [-0.2, 0) is 6.54 Å². The van der Waals surface area contributed by atoms with Crippen LogP contribution in [0, 0.1) is 0 Å². The van der Waals surface area contributed by atoms with Crippen LogP contribution in [0.25, 0.3) is 0 Å². The molecule has 1 saturated heterocycles. The largest absolute Gasteiger partial charge is 0.495 e. The molecular formula is C26H30N4O3. The number of nitrogens with zero attached hydrogens (tertiary/aromatic N) is 3. The predicted molar refractivity (Wildman–Crippen MR) is 129 cm³/mol. The van der Waals surface area contributed by atoms with E-state index in [2.05, 4.69) is 27.3 Å². The fourth-order valence-corrected chi connectivity index (χ4v) is 3.95. The van der Waals surface area contributed by atoms with Gasteiger partial charge in [0.25, 0.3) is 5.91 Å². The minimum Gasteiger partial charge on any atom is -0.495 e. The van der Waals surface area contributed by atoms with Crippen LogP contribution in [0.15, 0.2) is 66.9 Å². The number of benzene rings is 2. The number of methoxy groups -OCH3 is 1. The van der Waals surface area contributed by atoms with E-state index >= 15 is 0 Å². The Kier molecular flexibility index (Phi) is 7.42. The minimum absolute atomic E-state index is 0.0128. The van der Waals surface area contributed by atoms with E-state index in [0.29, 0.717) is 36.8 Å². The summed E-state index contributed by atoms with van der Waals surface area (Å²) in [5, 5.41) is 3.26. The molecule has 33 heavy (non-hydrogen) atoms. The highest BCUT2D eigenvalue weighted by atomic mass is 16.5. The van der Waals surface area contributed by atoms with E-state index < -0.39 is 0 Å². The maximum Gasteiger partial charge on any atom is 0.257 e. The molecule has 0 saturated carbocycles. The standard InChI is InChI=1S/C26H30N4O3/c1-3-33-21-12-10-20(11-13-21)19-29-15-17-30(18-16-29)26(31)22-7-6-14-27-25(22)28-23-8-4-5-9-24(23)32-2/h4-14H,3,15-19H2,1-2H3,(H,27,28). The first-order valence-electron chi connectivity index (χ1n) is 11.3. The van der Waals surface area contributed by atoms with Crippen LogP contribution in [0.1, 0.15) is 22.8 Å². The summed E-state index contributed by atoms with van der Waals surface area (Å²) in [6.45, 7) is 6.53. The van der Waals surface area contributed by atoms with Gasteiger partial charge < -0.3 is 19.7 Å². The third kappa shape index (κ3) is 5.62. The highest BCUT2D eigenvalue weighted by molar-refractivity contribution is 5.99. The first-order chi connectivity index (χ1) is 16.2. The first kappa shape index (κ1) is 22.6. The van der Waals surface area contributed by atoms with Gasteiger partial charge >= 0.3 is 0 Å². The Balaban J connectivity index is 1.38. The SMILES string of the molecule is CCOc1ccc(CN2CCN(C(=O)c3cccnc3Nc3ccccc3OC)CC2)cc1. The molecule has 1 fully saturated rings. The summed E-state index contributed by atoms with van der Waals surface area (Å²) in [6.07, 6.45) is 1.68. The van der Waals surface area contributed by atoms with Gasteiger partial charge in [-0.15, -0.1) is 0 Å². The van der Waals surface area contributed by atoms with Crippen LogP contribution in [0.2, 0.25) is 0 Å². The van der Waals surface area contributed by atoms with Gasteiger partial charge in [0.05, 0.1) is 25.0 Å². The van der Waals surface area contributed by atoms with E-state index in [9.17, 15) is 4.79 Å². The summed E-state index contributed by atoms with van der Waals surface area (Å²) >= 11 is 0. The molecule has 1 aliphatic heterocycles. The third-order valence-corrected chi connectivity index (χ3v) is 5.70. The molecule has 0 atom stereocenters. The average Bonchev–Trinajstić information content (AvgIpc) is 2.86. The Morgan fingerprint density at radius 3 is 2.48 bits per heavy atom. The molecule has 1 aromatic heterocycles. The Morgan fingerprint density at radius 1 is 1.00 bits per heavy atom. The zero-order valence-corrected chi connectivity index (χ0v) is 19.2. The molecule has 0 radical (unpaired) electrons. The monoisotopic (exact) mass is 446 g/mol. The van der Waals surface area contributed by atoms with Gasteiger partial charge in [0.2, 0.25) is 0 Å². The van der Waals surface area contributed by atoms with Crippen LogP contribution in [0.5, 0.6) is 11.5 Å².